The van der Waals surface area contributed by atoms with Crippen molar-refractivity contribution in [3.05, 3.63) is 58.2 Å². The van der Waals surface area contributed by atoms with Gasteiger partial charge in [0, 0.05) is 65.1 Å². The summed E-state index contributed by atoms with van der Waals surface area (Å²) in [4.78, 5) is 36.6. The van der Waals surface area contributed by atoms with Gasteiger partial charge in [0.1, 0.15) is 6.04 Å². The predicted molar refractivity (Wildman–Crippen MR) is 180 cm³/mol. The maximum atomic E-state index is 13.4. The van der Waals surface area contributed by atoms with Gasteiger partial charge in [-0.25, -0.2) is 10.4 Å². The number of nitrogens with one attached hydrogen (secondary N) is 1. The number of hydrogen-bond acceptors (Lipinski definition) is 9. The number of fused-ring (bicyclic) bond motifs is 6. The fourth-order valence-corrected chi connectivity index (χ4v) is 7.57. The van der Waals surface area contributed by atoms with Crippen molar-refractivity contribution in [3.8, 4) is 22.5 Å². The molecule has 1 fully saturated rings. The maximum Gasteiger partial charge on any atom is 0.324 e. The normalized spacial score (nSPS) is 22.8. The number of carbonyl (C=O) groups is 2. The van der Waals surface area contributed by atoms with E-state index in [1.54, 1.807) is 7.11 Å². The Hall–Kier alpha value is -3.64. The standard InChI is InChI=1S/C35H44N6O4S/c1-7-40-28-13-12-22-16-24(28)25(31(40)23-10-8-14-37-30(23)21(3)44-6)17-35(4,5)19-45-34(43)26-11-9-15-41(39-26)33(42)29(36)20(2)32-38-27(22)18-46-32/h8,10,12-14,16,18,20-21,26,29,39H,7,9,11,15,17,19,36H2,1-6H3/t20?,21-,26-,29-/m0/s1. The van der Waals surface area contributed by atoms with Crippen LogP contribution in [0.4, 0.5) is 0 Å². The van der Waals surface area contributed by atoms with E-state index in [2.05, 4.69) is 55.0 Å². The first kappa shape index (κ1) is 32.3. The van der Waals surface area contributed by atoms with Crippen molar-refractivity contribution >= 4 is 34.1 Å². The van der Waals surface area contributed by atoms with Crippen LogP contribution in [0.3, 0.4) is 0 Å². The van der Waals surface area contributed by atoms with Gasteiger partial charge in [-0.1, -0.05) is 26.8 Å². The molecule has 0 saturated carbocycles. The van der Waals surface area contributed by atoms with Crippen LogP contribution >= 0.6 is 11.3 Å². The second-order valence-corrected chi connectivity index (χ2v) is 14.2. The number of cyclic esters (lactones) is 1. The molecule has 5 heterocycles. The Morgan fingerprint density at radius 2 is 2.07 bits per heavy atom. The maximum absolute atomic E-state index is 13.4. The van der Waals surface area contributed by atoms with Gasteiger partial charge in [-0.05, 0) is 62.9 Å². The summed E-state index contributed by atoms with van der Waals surface area (Å²) in [5.74, 6) is -0.918. The van der Waals surface area contributed by atoms with Crippen LogP contribution in [0.25, 0.3) is 33.4 Å². The number of nitrogens with two attached hydrogens (primary N) is 1. The van der Waals surface area contributed by atoms with Gasteiger partial charge >= 0.3 is 5.97 Å². The summed E-state index contributed by atoms with van der Waals surface area (Å²) in [6.07, 6.45) is 3.52. The number of benzene rings is 1. The zero-order chi connectivity index (χ0) is 32.7. The number of aromatic nitrogens is 3. The van der Waals surface area contributed by atoms with Crippen molar-refractivity contribution in [1.29, 1.82) is 0 Å². The van der Waals surface area contributed by atoms with E-state index >= 15 is 0 Å². The number of hydrazine groups is 1. The first-order valence-corrected chi connectivity index (χ1v) is 17.0. The number of aryl methyl sites for hydroxylation is 1. The van der Waals surface area contributed by atoms with Crippen LogP contribution in [0.1, 0.15) is 75.7 Å². The van der Waals surface area contributed by atoms with Gasteiger partial charge in [-0.15, -0.1) is 11.3 Å². The van der Waals surface area contributed by atoms with Crippen LogP contribution in [0, 0.1) is 5.41 Å². The smallest absolute Gasteiger partial charge is 0.324 e. The van der Waals surface area contributed by atoms with E-state index in [1.165, 1.54) is 16.3 Å². The second kappa shape index (κ2) is 12.9. The van der Waals surface area contributed by atoms with Gasteiger partial charge in [0.2, 0.25) is 0 Å². The zero-order valence-electron chi connectivity index (χ0n) is 27.5. The highest BCUT2D eigenvalue weighted by molar-refractivity contribution is 7.10. The van der Waals surface area contributed by atoms with E-state index in [4.69, 9.17) is 25.2 Å². The molecule has 1 amide bonds. The molecule has 0 spiro atoms. The van der Waals surface area contributed by atoms with Crippen molar-refractivity contribution in [2.45, 2.75) is 84.5 Å². The van der Waals surface area contributed by atoms with E-state index in [-0.39, 0.29) is 30.5 Å². The SMILES string of the molecule is CCn1c(-c2cccnc2[C@H](C)OC)c2c3cc(ccc31)-c1csc(n1)C(C)[C@H](N)C(=O)N1CCC[C@H](N1)C(=O)OCC(C)(C)C2. The highest BCUT2D eigenvalue weighted by Gasteiger charge is 2.36. The molecule has 0 aliphatic carbocycles. The van der Waals surface area contributed by atoms with Crippen molar-refractivity contribution in [1.82, 2.24) is 25.0 Å². The summed E-state index contributed by atoms with van der Waals surface area (Å²) in [6.45, 7) is 11.8. The molecule has 11 heteroatoms. The summed E-state index contributed by atoms with van der Waals surface area (Å²) >= 11 is 1.51. The first-order valence-electron chi connectivity index (χ1n) is 16.1. The topological polar surface area (TPSA) is 125 Å². The number of amides is 1. The van der Waals surface area contributed by atoms with E-state index < -0.39 is 17.5 Å². The van der Waals surface area contributed by atoms with Crippen LogP contribution < -0.4 is 11.2 Å². The van der Waals surface area contributed by atoms with Crippen LogP contribution in [0.2, 0.25) is 0 Å². The molecule has 244 valence electrons. The van der Waals surface area contributed by atoms with Crippen molar-refractivity contribution in [2.24, 2.45) is 11.1 Å². The Morgan fingerprint density at radius 1 is 1.26 bits per heavy atom. The Kier molecular flexibility index (Phi) is 9.04. The Bertz CT molecular complexity index is 1760. The highest BCUT2D eigenvalue weighted by atomic mass is 32.1. The molecule has 10 nitrogen and oxygen atoms in total. The predicted octanol–water partition coefficient (Wildman–Crippen LogP) is 5.61. The molecule has 1 unspecified atom stereocenters. The molecule has 4 aromatic rings. The lowest BCUT2D eigenvalue weighted by molar-refractivity contribution is -0.155. The third-order valence-electron chi connectivity index (χ3n) is 9.35. The van der Waals surface area contributed by atoms with Crippen LogP contribution in [0.15, 0.2) is 41.9 Å². The average Bonchev–Trinajstić information content (AvgIpc) is 3.68. The monoisotopic (exact) mass is 644 g/mol. The summed E-state index contributed by atoms with van der Waals surface area (Å²) in [6, 6.07) is 9.16. The van der Waals surface area contributed by atoms with Crippen molar-refractivity contribution in [3.63, 3.8) is 0 Å². The van der Waals surface area contributed by atoms with Gasteiger partial charge < -0.3 is 19.8 Å². The van der Waals surface area contributed by atoms with E-state index in [0.29, 0.717) is 25.8 Å². The molecule has 1 saturated heterocycles. The quantitative estimate of drug-likeness (QED) is 0.275. The van der Waals surface area contributed by atoms with Gasteiger partial charge in [0.25, 0.3) is 5.91 Å². The number of hydrogen-bond donors (Lipinski definition) is 2. The molecule has 3 aromatic heterocycles. The Balaban J connectivity index is 1.54. The lowest BCUT2D eigenvalue weighted by Crippen LogP contribution is -2.59. The molecule has 6 bridgehead atoms. The number of ether oxygens (including phenoxy) is 2. The summed E-state index contributed by atoms with van der Waals surface area (Å²) in [5, 5.41) is 5.45. The molecule has 3 N–H and O–H groups in total. The number of esters is 1. The fraction of sp³-hybridized carbons (Fsp3) is 0.486. The minimum Gasteiger partial charge on any atom is -0.464 e. The van der Waals surface area contributed by atoms with E-state index in [1.807, 2.05) is 31.5 Å². The number of methoxy groups -OCH3 is 1. The van der Waals surface area contributed by atoms with E-state index in [0.717, 1.165) is 56.2 Å². The number of thiazole rings is 1. The average molecular weight is 645 g/mol. The fourth-order valence-electron chi connectivity index (χ4n) is 6.64. The largest absolute Gasteiger partial charge is 0.464 e. The molecular formula is C35H44N6O4S. The zero-order valence-corrected chi connectivity index (χ0v) is 28.3. The molecule has 4 atom stereocenters. The number of carbonyl (C=O) groups excluding carboxylic acids is 2. The highest BCUT2D eigenvalue weighted by Crippen LogP contribution is 2.42. The van der Waals surface area contributed by atoms with Crippen LogP contribution in [-0.4, -0.2) is 63.8 Å². The number of rotatable bonds is 4. The van der Waals surface area contributed by atoms with E-state index in [9.17, 15) is 9.59 Å². The van der Waals surface area contributed by atoms with Crippen molar-refractivity contribution in [2.75, 3.05) is 20.3 Å². The lowest BCUT2D eigenvalue weighted by atomic mass is 9.84. The Morgan fingerprint density at radius 3 is 2.83 bits per heavy atom. The number of pyridine rings is 1. The van der Waals surface area contributed by atoms with Crippen LogP contribution in [0.5, 0.6) is 0 Å². The van der Waals surface area contributed by atoms with Gasteiger partial charge in [0.05, 0.1) is 40.8 Å². The second-order valence-electron chi connectivity index (χ2n) is 13.3. The van der Waals surface area contributed by atoms with Crippen LogP contribution in [-0.2, 0) is 32.0 Å². The summed E-state index contributed by atoms with van der Waals surface area (Å²) in [5.41, 5.74) is 16.3. The minimum atomic E-state index is -0.808. The third-order valence-corrected chi connectivity index (χ3v) is 10.4. The molecule has 2 aliphatic rings. The summed E-state index contributed by atoms with van der Waals surface area (Å²) in [7, 11) is 1.70. The molecule has 46 heavy (non-hydrogen) atoms. The minimum absolute atomic E-state index is 0.202. The summed E-state index contributed by atoms with van der Waals surface area (Å²) < 4.78 is 14.1. The molecule has 2 aliphatic heterocycles. The third kappa shape index (κ3) is 5.97. The first-order chi connectivity index (χ1) is 22.0. The van der Waals surface area contributed by atoms with Gasteiger partial charge in [-0.3, -0.25) is 19.6 Å². The number of nitrogens with zero attached hydrogens (tertiary/aromatic N) is 4. The van der Waals surface area contributed by atoms with Gasteiger partial charge in [-0.2, -0.15) is 0 Å². The lowest BCUT2D eigenvalue weighted by Gasteiger charge is -2.35. The Labute approximate surface area is 274 Å². The van der Waals surface area contributed by atoms with Gasteiger partial charge in [0.15, 0.2) is 0 Å². The van der Waals surface area contributed by atoms with Crippen molar-refractivity contribution < 1.29 is 19.1 Å². The molecule has 6 rings (SSSR count). The molecule has 1 aromatic carbocycles. The molecular weight excluding hydrogens is 600 g/mol. The molecule has 0 radical (unpaired) electrons.